The summed E-state index contributed by atoms with van der Waals surface area (Å²) in [6, 6.07) is 0.633. The topological polar surface area (TPSA) is 39.7 Å². The maximum absolute atomic E-state index is 4.29. The maximum atomic E-state index is 4.29. The van der Waals surface area contributed by atoms with Crippen molar-refractivity contribution in [3.63, 3.8) is 0 Å². The molecule has 0 spiro atoms. The van der Waals surface area contributed by atoms with Crippen LogP contribution in [0.25, 0.3) is 0 Å². The second kappa shape index (κ2) is 9.20. The smallest absolute Gasteiger partial charge is 0.191 e. The Balaban J connectivity index is 2.11. The Morgan fingerprint density at radius 3 is 2.61 bits per heavy atom. The summed E-state index contributed by atoms with van der Waals surface area (Å²) in [7, 11) is 4.04. The van der Waals surface area contributed by atoms with Crippen molar-refractivity contribution in [3.05, 3.63) is 0 Å². The highest BCUT2D eigenvalue weighted by molar-refractivity contribution is 5.79. The van der Waals surface area contributed by atoms with Gasteiger partial charge in [-0.2, -0.15) is 0 Å². The maximum Gasteiger partial charge on any atom is 0.191 e. The lowest BCUT2D eigenvalue weighted by atomic mass is 10.2. The van der Waals surface area contributed by atoms with E-state index < -0.39 is 0 Å². The predicted molar refractivity (Wildman–Crippen MR) is 79.2 cm³/mol. The van der Waals surface area contributed by atoms with E-state index in [0.717, 1.165) is 19.0 Å². The van der Waals surface area contributed by atoms with Crippen molar-refractivity contribution in [2.24, 2.45) is 4.99 Å². The monoisotopic (exact) mass is 254 g/mol. The number of aliphatic imine (C=N–C) groups is 1. The molecule has 18 heavy (non-hydrogen) atoms. The van der Waals surface area contributed by atoms with Crippen molar-refractivity contribution in [2.45, 2.75) is 51.5 Å². The molecule has 1 aliphatic rings. The van der Waals surface area contributed by atoms with Crippen molar-refractivity contribution < 1.29 is 0 Å². The van der Waals surface area contributed by atoms with Gasteiger partial charge in [0.25, 0.3) is 0 Å². The third kappa shape index (κ3) is 6.24. The van der Waals surface area contributed by atoms with Crippen LogP contribution >= 0.6 is 0 Å². The van der Waals surface area contributed by atoms with E-state index in [1.165, 1.54) is 45.1 Å². The first-order chi connectivity index (χ1) is 8.76. The highest BCUT2D eigenvalue weighted by atomic mass is 15.2. The van der Waals surface area contributed by atoms with Crippen molar-refractivity contribution in [1.82, 2.24) is 15.5 Å². The number of rotatable bonds is 7. The fourth-order valence-corrected chi connectivity index (χ4v) is 2.36. The van der Waals surface area contributed by atoms with Crippen LogP contribution in [0.3, 0.4) is 0 Å². The first kappa shape index (κ1) is 15.3. The molecule has 106 valence electrons. The van der Waals surface area contributed by atoms with Crippen LogP contribution in [0.2, 0.25) is 0 Å². The number of likely N-dealkylation sites (N-methyl/N-ethyl adjacent to an activating group) is 1. The van der Waals surface area contributed by atoms with E-state index in [-0.39, 0.29) is 0 Å². The van der Waals surface area contributed by atoms with Crippen molar-refractivity contribution in [2.75, 3.05) is 33.7 Å². The molecular weight excluding hydrogens is 224 g/mol. The zero-order valence-corrected chi connectivity index (χ0v) is 12.3. The zero-order chi connectivity index (χ0) is 13.2. The van der Waals surface area contributed by atoms with Gasteiger partial charge in [-0.25, -0.2) is 0 Å². The first-order valence-electron chi connectivity index (χ1n) is 7.42. The van der Waals surface area contributed by atoms with Crippen LogP contribution in [-0.4, -0.2) is 50.6 Å². The lowest BCUT2D eigenvalue weighted by Crippen LogP contribution is -2.44. The average molecular weight is 254 g/mol. The molecule has 1 rings (SSSR count). The van der Waals surface area contributed by atoms with Gasteiger partial charge in [0.05, 0.1) is 0 Å². The number of unbranched alkanes of at least 4 members (excludes halogenated alkanes) is 1. The van der Waals surface area contributed by atoms with Gasteiger partial charge < -0.3 is 15.5 Å². The SMILES string of the molecule is CCCCN(C)CCNC(=NC)NC1CCCC1. The highest BCUT2D eigenvalue weighted by Gasteiger charge is 2.15. The molecule has 4 heteroatoms. The zero-order valence-electron chi connectivity index (χ0n) is 12.3. The molecule has 0 amide bonds. The standard InChI is InChI=1S/C14H30N4/c1-4-5-11-18(3)12-10-16-14(15-2)17-13-8-6-7-9-13/h13H,4-12H2,1-3H3,(H2,15,16,17). The quantitative estimate of drug-likeness (QED) is 0.538. The number of hydrogen-bond donors (Lipinski definition) is 2. The second-order valence-corrected chi connectivity index (χ2v) is 5.28. The Morgan fingerprint density at radius 2 is 2.00 bits per heavy atom. The lowest BCUT2D eigenvalue weighted by Gasteiger charge is -2.19. The van der Waals surface area contributed by atoms with E-state index in [1.807, 2.05) is 7.05 Å². The van der Waals surface area contributed by atoms with Crippen LogP contribution in [0.4, 0.5) is 0 Å². The van der Waals surface area contributed by atoms with Gasteiger partial charge in [-0.05, 0) is 32.9 Å². The Bertz CT molecular complexity index is 234. The molecule has 0 bridgehead atoms. The summed E-state index contributed by atoms with van der Waals surface area (Å²) in [5.74, 6) is 0.964. The minimum Gasteiger partial charge on any atom is -0.355 e. The Labute approximate surface area is 112 Å². The molecular formula is C14H30N4. The van der Waals surface area contributed by atoms with Gasteiger partial charge in [-0.1, -0.05) is 26.2 Å². The van der Waals surface area contributed by atoms with E-state index in [1.54, 1.807) is 0 Å². The van der Waals surface area contributed by atoms with Crippen molar-refractivity contribution in [3.8, 4) is 0 Å². The van der Waals surface area contributed by atoms with E-state index in [2.05, 4.69) is 34.5 Å². The molecule has 0 unspecified atom stereocenters. The summed E-state index contributed by atoms with van der Waals surface area (Å²) >= 11 is 0. The van der Waals surface area contributed by atoms with Crippen LogP contribution in [0.5, 0.6) is 0 Å². The van der Waals surface area contributed by atoms with Gasteiger partial charge in [0.1, 0.15) is 0 Å². The minimum absolute atomic E-state index is 0.633. The molecule has 0 atom stereocenters. The van der Waals surface area contributed by atoms with Crippen LogP contribution < -0.4 is 10.6 Å². The molecule has 0 aromatic heterocycles. The molecule has 0 aromatic rings. The molecule has 1 aliphatic carbocycles. The number of nitrogens with zero attached hydrogens (tertiary/aromatic N) is 2. The second-order valence-electron chi connectivity index (χ2n) is 5.28. The molecule has 4 nitrogen and oxygen atoms in total. The third-order valence-electron chi connectivity index (χ3n) is 3.60. The van der Waals surface area contributed by atoms with Gasteiger partial charge >= 0.3 is 0 Å². The summed E-state index contributed by atoms with van der Waals surface area (Å²) in [5, 5.41) is 6.90. The van der Waals surface area contributed by atoms with Gasteiger partial charge in [0, 0.05) is 26.2 Å². The van der Waals surface area contributed by atoms with E-state index in [9.17, 15) is 0 Å². The van der Waals surface area contributed by atoms with Crippen molar-refractivity contribution >= 4 is 5.96 Å². The fraction of sp³-hybridized carbons (Fsp3) is 0.929. The molecule has 1 fully saturated rings. The highest BCUT2D eigenvalue weighted by Crippen LogP contribution is 2.17. The summed E-state index contributed by atoms with van der Waals surface area (Å²) in [4.78, 5) is 6.66. The number of hydrogen-bond acceptors (Lipinski definition) is 2. The molecule has 1 saturated carbocycles. The molecule has 2 N–H and O–H groups in total. The fourth-order valence-electron chi connectivity index (χ4n) is 2.36. The van der Waals surface area contributed by atoms with Crippen LogP contribution in [0, 0.1) is 0 Å². The Morgan fingerprint density at radius 1 is 1.28 bits per heavy atom. The molecule has 0 heterocycles. The normalized spacial score (nSPS) is 17.4. The molecule has 0 aromatic carbocycles. The van der Waals surface area contributed by atoms with Gasteiger partial charge in [0.2, 0.25) is 0 Å². The predicted octanol–water partition coefficient (Wildman–Crippen LogP) is 1.83. The number of nitrogens with one attached hydrogen (secondary N) is 2. The van der Waals surface area contributed by atoms with E-state index in [4.69, 9.17) is 0 Å². The minimum atomic E-state index is 0.633. The van der Waals surface area contributed by atoms with Gasteiger partial charge in [0.15, 0.2) is 5.96 Å². The summed E-state index contributed by atoms with van der Waals surface area (Å²) in [6.07, 6.45) is 7.84. The molecule has 0 saturated heterocycles. The molecule has 0 aliphatic heterocycles. The largest absolute Gasteiger partial charge is 0.355 e. The lowest BCUT2D eigenvalue weighted by molar-refractivity contribution is 0.332. The average Bonchev–Trinajstić information content (AvgIpc) is 2.88. The van der Waals surface area contributed by atoms with Crippen molar-refractivity contribution in [1.29, 1.82) is 0 Å². The third-order valence-corrected chi connectivity index (χ3v) is 3.60. The number of guanidine groups is 1. The van der Waals surface area contributed by atoms with Crippen LogP contribution in [0.1, 0.15) is 45.4 Å². The van der Waals surface area contributed by atoms with E-state index >= 15 is 0 Å². The summed E-state index contributed by atoms with van der Waals surface area (Å²) < 4.78 is 0. The summed E-state index contributed by atoms with van der Waals surface area (Å²) in [6.45, 7) is 5.46. The first-order valence-corrected chi connectivity index (χ1v) is 7.42. The van der Waals surface area contributed by atoms with Gasteiger partial charge in [-0.3, -0.25) is 4.99 Å². The summed E-state index contributed by atoms with van der Waals surface area (Å²) in [5.41, 5.74) is 0. The Hall–Kier alpha value is -0.770. The van der Waals surface area contributed by atoms with Gasteiger partial charge in [-0.15, -0.1) is 0 Å². The molecule has 0 radical (unpaired) electrons. The van der Waals surface area contributed by atoms with E-state index in [0.29, 0.717) is 6.04 Å². The van der Waals surface area contributed by atoms with Crippen LogP contribution in [-0.2, 0) is 0 Å². The Kier molecular flexibility index (Phi) is 7.81. The van der Waals surface area contributed by atoms with Crippen LogP contribution in [0.15, 0.2) is 4.99 Å².